The van der Waals surface area contributed by atoms with Gasteiger partial charge in [0.15, 0.2) is 0 Å². The average Bonchev–Trinajstić information content (AvgIpc) is 3.06. The Morgan fingerprint density at radius 2 is 1.71 bits per heavy atom. The first-order valence-electron chi connectivity index (χ1n) is 10.6. The summed E-state index contributed by atoms with van der Waals surface area (Å²) in [5, 5.41) is 11.8. The van der Waals surface area contributed by atoms with E-state index in [4.69, 9.17) is 4.74 Å². The zero-order chi connectivity index (χ0) is 21.8. The molecule has 1 atom stereocenters. The number of sulfonamides is 1. The SMILES string of the molecule is O=[N+]([O-])c1cc(S(=O)(=O)N2CCOCC2)ccc1N1CCCC(c2ccccc2)CC1. The molecule has 2 heterocycles. The van der Waals surface area contributed by atoms with Crippen molar-refractivity contribution in [3.05, 3.63) is 64.2 Å². The van der Waals surface area contributed by atoms with Crippen molar-refractivity contribution in [3.63, 3.8) is 0 Å². The number of nitrogens with zero attached hydrogens (tertiary/aromatic N) is 3. The first-order chi connectivity index (χ1) is 15.0. The summed E-state index contributed by atoms with van der Waals surface area (Å²) in [7, 11) is -3.79. The highest BCUT2D eigenvalue weighted by atomic mass is 32.2. The monoisotopic (exact) mass is 445 g/mol. The van der Waals surface area contributed by atoms with Gasteiger partial charge in [-0.15, -0.1) is 0 Å². The molecule has 0 bridgehead atoms. The second-order valence-corrected chi connectivity index (χ2v) is 9.89. The summed E-state index contributed by atoms with van der Waals surface area (Å²) in [6.07, 6.45) is 2.84. The van der Waals surface area contributed by atoms with E-state index in [1.807, 2.05) is 23.1 Å². The maximum atomic E-state index is 12.9. The maximum absolute atomic E-state index is 12.9. The first kappa shape index (κ1) is 21.7. The predicted octanol–water partition coefficient (Wildman–Crippen LogP) is 3.39. The smallest absolute Gasteiger partial charge is 0.293 e. The third kappa shape index (κ3) is 4.73. The molecule has 0 radical (unpaired) electrons. The van der Waals surface area contributed by atoms with Crippen molar-refractivity contribution >= 4 is 21.4 Å². The molecule has 0 aliphatic carbocycles. The lowest BCUT2D eigenvalue weighted by atomic mass is 9.92. The number of nitro benzene ring substituents is 1. The van der Waals surface area contributed by atoms with Crippen molar-refractivity contribution in [1.29, 1.82) is 0 Å². The van der Waals surface area contributed by atoms with E-state index in [-0.39, 0.29) is 23.7 Å². The van der Waals surface area contributed by atoms with Crippen LogP contribution in [0.15, 0.2) is 53.4 Å². The van der Waals surface area contributed by atoms with Crippen LogP contribution in [-0.4, -0.2) is 57.0 Å². The van der Waals surface area contributed by atoms with Gasteiger partial charge in [-0.25, -0.2) is 8.42 Å². The summed E-state index contributed by atoms with van der Waals surface area (Å²) in [6, 6.07) is 14.6. The Bertz CT molecular complexity index is 1020. The molecular weight excluding hydrogens is 418 g/mol. The number of anilines is 1. The summed E-state index contributed by atoms with van der Waals surface area (Å²) in [5.74, 6) is 0.422. The standard InChI is InChI=1S/C22H27N3O5S/c26-25(27)22-17-20(31(28,29)24-13-15-30-16-14-24)8-9-21(22)23-11-4-7-19(10-12-23)18-5-2-1-3-6-18/h1-3,5-6,8-9,17,19H,4,7,10-16H2. The lowest BCUT2D eigenvalue weighted by Gasteiger charge is -2.27. The van der Waals surface area contributed by atoms with Gasteiger partial charge >= 0.3 is 0 Å². The van der Waals surface area contributed by atoms with Crippen molar-refractivity contribution in [2.75, 3.05) is 44.3 Å². The van der Waals surface area contributed by atoms with Gasteiger partial charge in [0.2, 0.25) is 10.0 Å². The van der Waals surface area contributed by atoms with E-state index < -0.39 is 14.9 Å². The molecule has 0 saturated carbocycles. The van der Waals surface area contributed by atoms with E-state index in [2.05, 4.69) is 12.1 Å². The largest absolute Gasteiger partial charge is 0.379 e. The number of hydrogen-bond donors (Lipinski definition) is 0. The van der Waals surface area contributed by atoms with Gasteiger partial charge in [-0.05, 0) is 42.9 Å². The van der Waals surface area contributed by atoms with Gasteiger partial charge < -0.3 is 9.64 Å². The highest BCUT2D eigenvalue weighted by Gasteiger charge is 2.30. The van der Waals surface area contributed by atoms with Crippen LogP contribution in [0.2, 0.25) is 0 Å². The third-order valence-corrected chi connectivity index (χ3v) is 7.99. The molecule has 166 valence electrons. The van der Waals surface area contributed by atoms with E-state index in [9.17, 15) is 18.5 Å². The number of nitro groups is 1. The lowest BCUT2D eigenvalue weighted by Crippen LogP contribution is -2.40. The molecule has 2 saturated heterocycles. The normalized spacial score (nSPS) is 20.9. The van der Waals surface area contributed by atoms with Crippen LogP contribution in [0, 0.1) is 10.1 Å². The molecule has 0 spiro atoms. The van der Waals surface area contributed by atoms with Gasteiger partial charge in [0.25, 0.3) is 5.69 Å². The van der Waals surface area contributed by atoms with Gasteiger partial charge in [0.1, 0.15) is 5.69 Å². The van der Waals surface area contributed by atoms with E-state index in [0.29, 0.717) is 37.9 Å². The van der Waals surface area contributed by atoms with Crippen LogP contribution in [0.4, 0.5) is 11.4 Å². The molecule has 1 unspecified atom stereocenters. The van der Waals surface area contributed by atoms with Crippen molar-refractivity contribution < 1.29 is 18.1 Å². The Balaban J connectivity index is 1.58. The lowest BCUT2D eigenvalue weighted by molar-refractivity contribution is -0.384. The molecule has 9 heteroatoms. The third-order valence-electron chi connectivity index (χ3n) is 6.09. The van der Waals surface area contributed by atoms with E-state index in [0.717, 1.165) is 19.3 Å². The fourth-order valence-corrected chi connectivity index (χ4v) is 5.84. The van der Waals surface area contributed by atoms with Gasteiger partial charge in [-0.3, -0.25) is 10.1 Å². The Morgan fingerprint density at radius 1 is 0.968 bits per heavy atom. The Labute approximate surface area is 182 Å². The zero-order valence-corrected chi connectivity index (χ0v) is 18.2. The van der Waals surface area contributed by atoms with Crippen LogP contribution < -0.4 is 4.90 Å². The van der Waals surface area contributed by atoms with Crippen LogP contribution in [0.1, 0.15) is 30.7 Å². The molecule has 8 nitrogen and oxygen atoms in total. The number of ether oxygens (including phenoxy) is 1. The summed E-state index contributed by atoms with van der Waals surface area (Å²) in [4.78, 5) is 13.3. The molecule has 2 aromatic rings. The van der Waals surface area contributed by atoms with Crippen LogP contribution in [0.25, 0.3) is 0 Å². The fourth-order valence-electron chi connectivity index (χ4n) is 4.41. The van der Waals surface area contributed by atoms with E-state index in [1.54, 1.807) is 6.07 Å². The van der Waals surface area contributed by atoms with Crippen LogP contribution in [0.5, 0.6) is 0 Å². The molecule has 0 N–H and O–H groups in total. The Kier molecular flexibility index (Phi) is 6.54. The minimum Gasteiger partial charge on any atom is -0.379 e. The number of benzene rings is 2. The van der Waals surface area contributed by atoms with Gasteiger partial charge in [0.05, 0.1) is 23.0 Å². The predicted molar refractivity (Wildman–Crippen MR) is 118 cm³/mol. The van der Waals surface area contributed by atoms with Gasteiger partial charge in [-0.1, -0.05) is 30.3 Å². The highest BCUT2D eigenvalue weighted by Crippen LogP contribution is 2.35. The average molecular weight is 446 g/mol. The fraction of sp³-hybridized carbons (Fsp3) is 0.455. The second-order valence-electron chi connectivity index (χ2n) is 7.95. The van der Waals surface area contributed by atoms with Crippen molar-refractivity contribution in [2.24, 2.45) is 0 Å². The quantitative estimate of drug-likeness (QED) is 0.517. The van der Waals surface area contributed by atoms with Gasteiger partial charge in [0, 0.05) is 32.2 Å². The van der Waals surface area contributed by atoms with Crippen LogP contribution in [0.3, 0.4) is 0 Å². The molecule has 2 aromatic carbocycles. The Morgan fingerprint density at radius 3 is 2.42 bits per heavy atom. The highest BCUT2D eigenvalue weighted by molar-refractivity contribution is 7.89. The first-order valence-corrected chi connectivity index (χ1v) is 12.1. The van der Waals surface area contributed by atoms with Crippen molar-refractivity contribution in [3.8, 4) is 0 Å². The summed E-state index contributed by atoms with van der Waals surface area (Å²) in [5.41, 5.74) is 1.62. The van der Waals surface area contributed by atoms with Crippen molar-refractivity contribution in [1.82, 2.24) is 4.31 Å². The Hall–Kier alpha value is -2.49. The summed E-state index contributed by atoms with van der Waals surface area (Å²) >= 11 is 0. The minimum absolute atomic E-state index is 0.0400. The molecule has 2 fully saturated rings. The van der Waals surface area contributed by atoms with Crippen LogP contribution >= 0.6 is 0 Å². The number of rotatable bonds is 5. The second kappa shape index (κ2) is 9.33. The molecule has 4 rings (SSSR count). The zero-order valence-electron chi connectivity index (χ0n) is 17.4. The summed E-state index contributed by atoms with van der Waals surface area (Å²) in [6.45, 7) is 2.57. The minimum atomic E-state index is -3.79. The topological polar surface area (TPSA) is 93.0 Å². The molecule has 2 aliphatic rings. The molecule has 31 heavy (non-hydrogen) atoms. The maximum Gasteiger partial charge on any atom is 0.293 e. The van der Waals surface area contributed by atoms with E-state index >= 15 is 0 Å². The summed E-state index contributed by atoms with van der Waals surface area (Å²) < 4.78 is 32.4. The molecule has 0 aromatic heterocycles. The molecule has 2 aliphatic heterocycles. The van der Waals surface area contributed by atoms with Crippen LogP contribution in [-0.2, 0) is 14.8 Å². The van der Waals surface area contributed by atoms with Gasteiger partial charge in [-0.2, -0.15) is 4.31 Å². The van der Waals surface area contributed by atoms with Crippen molar-refractivity contribution in [2.45, 2.75) is 30.1 Å². The number of hydrogen-bond acceptors (Lipinski definition) is 6. The molecular formula is C22H27N3O5S. The molecule has 0 amide bonds. The van der Waals surface area contributed by atoms with E-state index in [1.165, 1.54) is 22.0 Å². The number of morpholine rings is 1.